The van der Waals surface area contributed by atoms with Crippen LogP contribution in [0.15, 0.2) is 29.3 Å². The molecule has 1 aromatic rings. The number of methoxy groups -OCH3 is 1. The monoisotopic (exact) mass is 477 g/mol. The molecular formula is C20H36IN3O2. The average Bonchev–Trinajstić information content (AvgIpc) is 2.59. The Balaban J connectivity index is 0.00000625. The van der Waals surface area contributed by atoms with Crippen molar-refractivity contribution in [3.8, 4) is 0 Å². The molecule has 0 spiro atoms. The van der Waals surface area contributed by atoms with Crippen LogP contribution in [0.5, 0.6) is 0 Å². The Kier molecular flexibility index (Phi) is 14.7. The Labute approximate surface area is 176 Å². The number of nitrogens with one attached hydrogen (secondary N) is 2. The minimum atomic E-state index is 0. The summed E-state index contributed by atoms with van der Waals surface area (Å²) in [7, 11) is 1.71. The Morgan fingerprint density at radius 2 is 1.88 bits per heavy atom. The number of ether oxygens (including phenoxy) is 2. The normalized spacial score (nSPS) is 12.6. The van der Waals surface area contributed by atoms with Gasteiger partial charge < -0.3 is 20.1 Å². The number of benzene rings is 1. The molecule has 1 aromatic carbocycles. The van der Waals surface area contributed by atoms with Gasteiger partial charge >= 0.3 is 0 Å². The molecule has 6 heteroatoms. The van der Waals surface area contributed by atoms with E-state index in [1.54, 1.807) is 7.11 Å². The van der Waals surface area contributed by atoms with Gasteiger partial charge in [0.1, 0.15) is 0 Å². The molecule has 0 saturated heterocycles. The fourth-order valence-electron chi connectivity index (χ4n) is 2.65. The zero-order chi connectivity index (χ0) is 18.5. The molecule has 0 aromatic heterocycles. The topological polar surface area (TPSA) is 54.9 Å². The van der Waals surface area contributed by atoms with Crippen LogP contribution < -0.4 is 10.6 Å². The van der Waals surface area contributed by atoms with Crippen LogP contribution in [0, 0.1) is 5.92 Å². The van der Waals surface area contributed by atoms with Crippen molar-refractivity contribution in [1.29, 1.82) is 0 Å². The average molecular weight is 477 g/mol. The number of nitrogens with zero attached hydrogens (tertiary/aromatic N) is 1. The third kappa shape index (κ3) is 10.3. The molecule has 0 aliphatic heterocycles. The van der Waals surface area contributed by atoms with Crippen molar-refractivity contribution >= 4 is 29.9 Å². The van der Waals surface area contributed by atoms with E-state index >= 15 is 0 Å². The van der Waals surface area contributed by atoms with Crippen molar-refractivity contribution < 1.29 is 9.47 Å². The SMILES string of the molecule is CCNC(=NCc1cccc(COC)c1)NCCC(OCC)C(C)C.I. The van der Waals surface area contributed by atoms with E-state index in [1.165, 1.54) is 11.1 Å². The minimum absolute atomic E-state index is 0. The molecule has 0 aliphatic rings. The predicted octanol–water partition coefficient (Wildman–Crippen LogP) is 3.96. The molecule has 0 saturated carbocycles. The lowest BCUT2D eigenvalue weighted by molar-refractivity contribution is 0.0258. The lowest BCUT2D eigenvalue weighted by Crippen LogP contribution is -2.39. The summed E-state index contributed by atoms with van der Waals surface area (Å²) in [6.07, 6.45) is 1.25. The van der Waals surface area contributed by atoms with Gasteiger partial charge in [0.15, 0.2) is 5.96 Å². The Bertz CT molecular complexity index is 510. The predicted molar refractivity (Wildman–Crippen MR) is 120 cm³/mol. The number of rotatable bonds is 11. The smallest absolute Gasteiger partial charge is 0.191 e. The van der Waals surface area contributed by atoms with Crippen LogP contribution in [-0.2, 0) is 22.6 Å². The van der Waals surface area contributed by atoms with Gasteiger partial charge in [0.25, 0.3) is 0 Å². The molecule has 1 rings (SSSR count). The van der Waals surface area contributed by atoms with Gasteiger partial charge in [-0.25, -0.2) is 4.99 Å². The third-order valence-electron chi connectivity index (χ3n) is 3.91. The summed E-state index contributed by atoms with van der Waals surface area (Å²) in [6, 6.07) is 8.35. The van der Waals surface area contributed by atoms with E-state index < -0.39 is 0 Å². The van der Waals surface area contributed by atoms with Crippen molar-refractivity contribution in [2.75, 3.05) is 26.8 Å². The van der Waals surface area contributed by atoms with Gasteiger partial charge in [0, 0.05) is 26.8 Å². The zero-order valence-electron chi connectivity index (χ0n) is 16.9. The summed E-state index contributed by atoms with van der Waals surface area (Å²) in [5.41, 5.74) is 2.35. The molecule has 150 valence electrons. The molecule has 5 nitrogen and oxygen atoms in total. The highest BCUT2D eigenvalue weighted by molar-refractivity contribution is 14.0. The summed E-state index contributed by atoms with van der Waals surface area (Å²) in [5.74, 6) is 1.36. The molecule has 26 heavy (non-hydrogen) atoms. The largest absolute Gasteiger partial charge is 0.380 e. The number of aliphatic imine (C=N–C) groups is 1. The molecule has 0 aliphatic carbocycles. The van der Waals surface area contributed by atoms with Crippen LogP contribution in [0.3, 0.4) is 0 Å². The minimum Gasteiger partial charge on any atom is -0.380 e. The first-order chi connectivity index (χ1) is 12.1. The third-order valence-corrected chi connectivity index (χ3v) is 3.91. The van der Waals surface area contributed by atoms with Gasteiger partial charge in [-0.05, 0) is 37.3 Å². The molecule has 1 atom stereocenters. The number of guanidine groups is 1. The summed E-state index contributed by atoms with van der Waals surface area (Å²) < 4.78 is 11.0. The van der Waals surface area contributed by atoms with Crippen molar-refractivity contribution in [1.82, 2.24) is 10.6 Å². The first kappa shape index (κ1) is 25.1. The first-order valence-corrected chi connectivity index (χ1v) is 9.31. The summed E-state index contributed by atoms with van der Waals surface area (Å²) in [6.45, 7) is 12.2. The second kappa shape index (κ2) is 15.2. The van der Waals surface area contributed by atoms with Crippen molar-refractivity contribution in [3.05, 3.63) is 35.4 Å². The van der Waals surface area contributed by atoms with Crippen LogP contribution in [0.1, 0.15) is 45.2 Å². The lowest BCUT2D eigenvalue weighted by atomic mass is 10.0. The highest BCUT2D eigenvalue weighted by atomic mass is 127. The molecule has 0 fully saturated rings. The Hall–Kier alpha value is -0.860. The van der Waals surface area contributed by atoms with E-state index in [-0.39, 0.29) is 30.1 Å². The van der Waals surface area contributed by atoms with E-state index in [2.05, 4.69) is 60.7 Å². The molecule has 2 N–H and O–H groups in total. The first-order valence-electron chi connectivity index (χ1n) is 9.31. The highest BCUT2D eigenvalue weighted by Gasteiger charge is 2.12. The van der Waals surface area contributed by atoms with Crippen LogP contribution in [0.4, 0.5) is 0 Å². The van der Waals surface area contributed by atoms with Gasteiger partial charge in [0.2, 0.25) is 0 Å². The lowest BCUT2D eigenvalue weighted by Gasteiger charge is -2.21. The second-order valence-corrected chi connectivity index (χ2v) is 6.40. The van der Waals surface area contributed by atoms with Crippen molar-refractivity contribution in [3.63, 3.8) is 0 Å². The van der Waals surface area contributed by atoms with Gasteiger partial charge in [-0.1, -0.05) is 38.1 Å². The molecule has 0 heterocycles. The van der Waals surface area contributed by atoms with E-state index in [1.807, 2.05) is 6.92 Å². The van der Waals surface area contributed by atoms with Crippen molar-refractivity contribution in [2.24, 2.45) is 10.9 Å². The van der Waals surface area contributed by atoms with Crippen LogP contribution >= 0.6 is 24.0 Å². The Morgan fingerprint density at radius 3 is 2.50 bits per heavy atom. The van der Waals surface area contributed by atoms with Crippen LogP contribution in [0.25, 0.3) is 0 Å². The number of halogens is 1. The fourth-order valence-corrected chi connectivity index (χ4v) is 2.65. The van der Waals surface area contributed by atoms with E-state index in [9.17, 15) is 0 Å². The van der Waals surface area contributed by atoms with Crippen molar-refractivity contribution in [2.45, 2.75) is 53.4 Å². The quantitative estimate of drug-likeness (QED) is 0.288. The number of hydrogen-bond acceptors (Lipinski definition) is 3. The van der Waals surface area contributed by atoms with E-state index in [0.717, 1.165) is 32.1 Å². The van der Waals surface area contributed by atoms with E-state index in [4.69, 9.17) is 9.47 Å². The van der Waals surface area contributed by atoms with Crippen LogP contribution in [0.2, 0.25) is 0 Å². The maximum atomic E-state index is 5.80. The summed E-state index contributed by atoms with van der Waals surface area (Å²) in [4.78, 5) is 4.69. The standard InChI is InChI=1S/C20H35N3O2.HI/c1-6-21-20(22-12-11-19(16(3)4)25-7-2)23-14-17-9-8-10-18(13-17)15-24-5;/h8-10,13,16,19H,6-7,11-12,14-15H2,1-5H3,(H2,21,22,23);1H. The maximum absolute atomic E-state index is 5.80. The van der Waals surface area contributed by atoms with Crippen LogP contribution in [-0.4, -0.2) is 38.9 Å². The van der Waals surface area contributed by atoms with Gasteiger partial charge in [-0.15, -0.1) is 24.0 Å². The molecule has 0 radical (unpaired) electrons. The number of hydrogen-bond donors (Lipinski definition) is 2. The highest BCUT2D eigenvalue weighted by Crippen LogP contribution is 2.10. The van der Waals surface area contributed by atoms with Gasteiger partial charge in [-0.3, -0.25) is 0 Å². The summed E-state index contributed by atoms with van der Waals surface area (Å²) >= 11 is 0. The fraction of sp³-hybridized carbons (Fsp3) is 0.650. The molecule has 0 bridgehead atoms. The molecule has 1 unspecified atom stereocenters. The Morgan fingerprint density at radius 1 is 1.15 bits per heavy atom. The molecular weight excluding hydrogens is 441 g/mol. The maximum Gasteiger partial charge on any atom is 0.191 e. The zero-order valence-corrected chi connectivity index (χ0v) is 19.2. The molecule has 0 amide bonds. The van der Waals surface area contributed by atoms with E-state index in [0.29, 0.717) is 19.1 Å². The summed E-state index contributed by atoms with van der Waals surface area (Å²) in [5, 5.41) is 6.71. The second-order valence-electron chi connectivity index (χ2n) is 6.40. The van der Waals surface area contributed by atoms with Gasteiger partial charge in [0.05, 0.1) is 19.3 Å². The van der Waals surface area contributed by atoms with Gasteiger partial charge in [-0.2, -0.15) is 0 Å².